The second-order valence-corrected chi connectivity index (χ2v) is 11.7. The van der Waals surface area contributed by atoms with Gasteiger partial charge in [-0.2, -0.15) is 0 Å². The maximum absolute atomic E-state index is 14.5. The van der Waals surface area contributed by atoms with Crippen LogP contribution in [-0.4, -0.2) is 87.1 Å². The average molecular weight is 536 g/mol. The molecule has 4 aliphatic heterocycles. The number of aliphatic hydroxyl groups is 1. The number of carbonyl (C=O) groups is 3. The van der Waals surface area contributed by atoms with E-state index >= 15 is 0 Å². The van der Waals surface area contributed by atoms with Gasteiger partial charge in [-0.05, 0) is 24.8 Å². The molecule has 0 aliphatic carbocycles. The first-order valence-electron chi connectivity index (χ1n) is 14.3. The summed E-state index contributed by atoms with van der Waals surface area (Å²) in [6.45, 7) is 9.43. The van der Waals surface area contributed by atoms with Crippen LogP contribution in [0, 0.1) is 17.8 Å². The number of hydrogen-bond donors (Lipinski definition) is 1. The summed E-state index contributed by atoms with van der Waals surface area (Å²) in [5, 5.41) is 10.5. The summed E-state index contributed by atoms with van der Waals surface area (Å²) in [4.78, 5) is 48.2. The average Bonchev–Trinajstić information content (AvgIpc) is 3.20. The molecule has 3 amide bonds. The maximum Gasteiger partial charge on any atom is 0.249 e. The van der Waals surface area contributed by atoms with Crippen LogP contribution in [0.5, 0.6) is 0 Å². The van der Waals surface area contributed by atoms with E-state index in [0.717, 1.165) is 18.4 Å². The lowest BCUT2D eigenvalue weighted by atomic mass is 9.74. The third kappa shape index (κ3) is 4.32. The minimum Gasteiger partial charge on any atom is -0.394 e. The van der Waals surface area contributed by atoms with Crippen molar-refractivity contribution in [3.8, 4) is 0 Å². The summed E-state index contributed by atoms with van der Waals surface area (Å²) in [5.74, 6) is -2.30. The number of likely N-dealkylation sites (tertiary alicyclic amines) is 1. The van der Waals surface area contributed by atoms with E-state index in [1.165, 1.54) is 0 Å². The molecular weight excluding hydrogens is 494 g/mol. The third-order valence-electron chi connectivity index (χ3n) is 9.22. The number of benzene rings is 1. The van der Waals surface area contributed by atoms with Crippen LogP contribution in [0.2, 0.25) is 0 Å². The summed E-state index contributed by atoms with van der Waals surface area (Å²) in [7, 11) is 0. The van der Waals surface area contributed by atoms with E-state index in [1.807, 2.05) is 82.3 Å². The molecule has 2 fully saturated rings. The van der Waals surface area contributed by atoms with E-state index in [1.54, 1.807) is 14.7 Å². The SMILES string of the molecule is CCCN1CC=C[C@@]2(C)O[C@]34C=CCN(Cc5ccccc5)C(=O)C3N([C@@H](CO)[C@@H](C)CC)C(=O)[C@@H]4[C@H]2C1=O. The van der Waals surface area contributed by atoms with Gasteiger partial charge in [0.05, 0.1) is 30.1 Å². The van der Waals surface area contributed by atoms with Crippen molar-refractivity contribution in [2.75, 3.05) is 26.2 Å². The molecule has 210 valence electrons. The van der Waals surface area contributed by atoms with Crippen molar-refractivity contribution < 1.29 is 24.2 Å². The number of nitrogens with zero attached hydrogens (tertiary/aromatic N) is 3. The molecule has 8 heteroatoms. The Labute approximate surface area is 231 Å². The Morgan fingerprint density at radius 2 is 1.67 bits per heavy atom. The van der Waals surface area contributed by atoms with Crippen LogP contribution in [0.25, 0.3) is 0 Å². The highest BCUT2D eigenvalue weighted by Gasteiger charge is 2.75. The van der Waals surface area contributed by atoms with Gasteiger partial charge in [0.1, 0.15) is 11.6 Å². The number of amides is 3. The molecule has 0 aromatic heterocycles. The molecular formula is C31H41N3O5. The molecule has 1 aromatic carbocycles. The van der Waals surface area contributed by atoms with Crippen LogP contribution in [0.3, 0.4) is 0 Å². The Morgan fingerprint density at radius 1 is 0.974 bits per heavy atom. The van der Waals surface area contributed by atoms with E-state index in [4.69, 9.17) is 4.74 Å². The number of carbonyl (C=O) groups excluding carboxylic acids is 3. The summed E-state index contributed by atoms with van der Waals surface area (Å²) in [6, 6.07) is 8.22. The maximum atomic E-state index is 14.5. The van der Waals surface area contributed by atoms with Gasteiger partial charge in [-0.3, -0.25) is 14.4 Å². The summed E-state index contributed by atoms with van der Waals surface area (Å²) in [6.07, 6.45) is 9.17. The first-order valence-corrected chi connectivity index (χ1v) is 14.3. The zero-order valence-corrected chi connectivity index (χ0v) is 23.5. The highest BCUT2D eigenvalue weighted by molar-refractivity contribution is 6.00. The molecule has 1 aromatic rings. The van der Waals surface area contributed by atoms with Crippen LogP contribution >= 0.6 is 0 Å². The minimum atomic E-state index is -1.31. The van der Waals surface area contributed by atoms with Gasteiger partial charge in [-0.1, -0.05) is 81.8 Å². The van der Waals surface area contributed by atoms with Gasteiger partial charge < -0.3 is 24.5 Å². The van der Waals surface area contributed by atoms with Crippen molar-refractivity contribution in [2.24, 2.45) is 17.8 Å². The summed E-state index contributed by atoms with van der Waals surface area (Å²) in [5.41, 5.74) is -1.36. The number of hydrogen-bond acceptors (Lipinski definition) is 5. The molecule has 0 saturated carbocycles. The van der Waals surface area contributed by atoms with E-state index < -0.39 is 35.1 Å². The lowest BCUT2D eigenvalue weighted by Crippen LogP contribution is -2.59. The largest absolute Gasteiger partial charge is 0.394 e. The molecule has 1 N–H and O–H groups in total. The standard InChI is InChI=1S/C31H41N3O5/c1-5-16-32-17-10-14-30(4)24(27(32)36)25-28(37)34(23(20-35)21(3)6-2)26-29(38)33(18-11-15-31(25,26)39-30)19-22-12-8-7-9-13-22/h7-15,21,23-26,35H,5-6,16-20H2,1-4H3/t21-,23-,24-,25-,26?,30+,31-/m0/s1. The highest BCUT2D eigenvalue weighted by atomic mass is 16.5. The topological polar surface area (TPSA) is 90.4 Å². The Kier molecular flexibility index (Phi) is 7.46. The quantitative estimate of drug-likeness (QED) is 0.517. The Balaban J connectivity index is 1.64. The van der Waals surface area contributed by atoms with Gasteiger partial charge in [-0.25, -0.2) is 0 Å². The van der Waals surface area contributed by atoms with Crippen LogP contribution in [0.4, 0.5) is 0 Å². The first kappa shape index (κ1) is 27.6. The Hall–Kier alpha value is -2.97. The molecule has 4 heterocycles. The summed E-state index contributed by atoms with van der Waals surface area (Å²) < 4.78 is 6.89. The normalized spacial score (nSPS) is 33.5. The van der Waals surface area contributed by atoms with Crippen molar-refractivity contribution >= 4 is 17.7 Å². The van der Waals surface area contributed by atoms with Crippen LogP contribution in [-0.2, 0) is 25.7 Å². The first-order chi connectivity index (χ1) is 18.7. The Bertz CT molecular complexity index is 1170. The van der Waals surface area contributed by atoms with E-state index in [9.17, 15) is 19.5 Å². The lowest BCUT2D eigenvalue weighted by molar-refractivity contribution is -0.157. The smallest absolute Gasteiger partial charge is 0.249 e. The molecule has 1 unspecified atom stereocenters. The van der Waals surface area contributed by atoms with Crippen LogP contribution in [0.1, 0.15) is 46.1 Å². The molecule has 8 nitrogen and oxygen atoms in total. The van der Waals surface area contributed by atoms with Gasteiger partial charge in [0.25, 0.3) is 0 Å². The van der Waals surface area contributed by atoms with Crippen LogP contribution in [0.15, 0.2) is 54.6 Å². The fraction of sp³-hybridized carbons (Fsp3) is 0.581. The zero-order valence-electron chi connectivity index (χ0n) is 23.5. The van der Waals surface area contributed by atoms with Crippen LogP contribution < -0.4 is 0 Å². The van der Waals surface area contributed by atoms with E-state index in [-0.39, 0.29) is 30.2 Å². The molecule has 2 saturated heterocycles. The third-order valence-corrected chi connectivity index (χ3v) is 9.22. The monoisotopic (exact) mass is 535 g/mol. The predicted molar refractivity (Wildman–Crippen MR) is 147 cm³/mol. The van der Waals surface area contributed by atoms with E-state index in [0.29, 0.717) is 26.2 Å². The minimum absolute atomic E-state index is 0.0508. The number of ether oxygens (including phenoxy) is 1. The van der Waals surface area contributed by atoms with Gasteiger partial charge in [-0.15, -0.1) is 0 Å². The highest BCUT2D eigenvalue weighted by Crippen LogP contribution is 2.58. The van der Waals surface area contributed by atoms with Crippen molar-refractivity contribution in [3.63, 3.8) is 0 Å². The molecule has 5 rings (SSSR count). The number of rotatable bonds is 8. The molecule has 7 atom stereocenters. The zero-order chi connectivity index (χ0) is 27.9. The van der Waals surface area contributed by atoms with Gasteiger partial charge in [0.15, 0.2) is 0 Å². The molecule has 0 bridgehead atoms. The number of fused-ring (bicyclic) bond motifs is 2. The Morgan fingerprint density at radius 3 is 2.33 bits per heavy atom. The van der Waals surface area contributed by atoms with Crippen molar-refractivity contribution in [1.82, 2.24) is 14.7 Å². The van der Waals surface area contributed by atoms with Gasteiger partial charge in [0.2, 0.25) is 17.7 Å². The fourth-order valence-electron chi connectivity index (χ4n) is 7.15. The molecule has 39 heavy (non-hydrogen) atoms. The molecule has 4 aliphatic rings. The molecule has 1 spiro atoms. The van der Waals surface area contributed by atoms with E-state index in [2.05, 4.69) is 0 Å². The van der Waals surface area contributed by atoms with Gasteiger partial charge in [0, 0.05) is 26.2 Å². The van der Waals surface area contributed by atoms with Crippen molar-refractivity contribution in [2.45, 2.75) is 70.4 Å². The van der Waals surface area contributed by atoms with Crippen molar-refractivity contribution in [3.05, 3.63) is 60.2 Å². The second-order valence-electron chi connectivity index (χ2n) is 11.7. The molecule has 0 radical (unpaired) electrons. The second kappa shape index (κ2) is 10.5. The number of aliphatic hydroxyl groups excluding tert-OH is 1. The van der Waals surface area contributed by atoms with Gasteiger partial charge >= 0.3 is 0 Å². The lowest BCUT2D eigenvalue weighted by Gasteiger charge is -2.41. The van der Waals surface area contributed by atoms with Crippen molar-refractivity contribution in [1.29, 1.82) is 0 Å². The fourth-order valence-corrected chi connectivity index (χ4v) is 7.15. The predicted octanol–water partition coefficient (Wildman–Crippen LogP) is 2.77. The summed E-state index contributed by atoms with van der Waals surface area (Å²) >= 11 is 0.